The summed E-state index contributed by atoms with van der Waals surface area (Å²) in [5.41, 5.74) is 13.5. The van der Waals surface area contributed by atoms with E-state index in [2.05, 4.69) is 104 Å². The van der Waals surface area contributed by atoms with Gasteiger partial charge in [-0.05, 0) is 63.6 Å². The van der Waals surface area contributed by atoms with Gasteiger partial charge in [0.15, 0.2) is 0 Å². The molecule has 2 aliphatic carbocycles. The van der Waals surface area contributed by atoms with Crippen molar-refractivity contribution in [2.45, 2.75) is 25.7 Å². The van der Waals surface area contributed by atoms with E-state index >= 15 is 0 Å². The Balaban J connectivity index is 1.44. The van der Waals surface area contributed by atoms with Crippen molar-refractivity contribution in [2.24, 2.45) is 0 Å². The van der Waals surface area contributed by atoms with Crippen molar-refractivity contribution in [3.8, 4) is 22.3 Å². The molecule has 0 bridgehead atoms. The van der Waals surface area contributed by atoms with Crippen molar-refractivity contribution in [3.63, 3.8) is 0 Å². The van der Waals surface area contributed by atoms with Crippen molar-refractivity contribution < 1.29 is 0 Å². The van der Waals surface area contributed by atoms with E-state index in [1.165, 1.54) is 50.2 Å². The first-order valence-electron chi connectivity index (χ1n) is 10.3. The molecular weight excluding hydrogens is 350 g/mol. The van der Waals surface area contributed by atoms with Crippen molar-refractivity contribution in [3.05, 3.63) is 107 Å². The Morgan fingerprint density at radius 1 is 0.655 bits per heavy atom. The van der Waals surface area contributed by atoms with E-state index in [-0.39, 0.29) is 5.41 Å². The zero-order valence-corrected chi connectivity index (χ0v) is 16.8. The van der Waals surface area contributed by atoms with Gasteiger partial charge in [0.25, 0.3) is 0 Å². The van der Waals surface area contributed by atoms with Gasteiger partial charge < -0.3 is 5.32 Å². The Bertz CT molecular complexity index is 1280. The topological polar surface area (TPSA) is 12.0 Å². The highest BCUT2D eigenvalue weighted by Gasteiger charge is 2.35. The van der Waals surface area contributed by atoms with E-state index in [4.69, 9.17) is 0 Å². The van der Waals surface area contributed by atoms with Crippen LogP contribution in [0.25, 0.3) is 22.3 Å². The number of hydrogen-bond acceptors (Lipinski definition) is 1. The molecule has 0 aliphatic heterocycles. The van der Waals surface area contributed by atoms with Crippen LogP contribution in [0.4, 0.5) is 11.4 Å². The van der Waals surface area contributed by atoms with Crippen LogP contribution in [0.2, 0.25) is 0 Å². The predicted octanol–water partition coefficient (Wildman–Crippen LogP) is 7.31. The molecule has 1 nitrogen and oxygen atoms in total. The van der Waals surface area contributed by atoms with Gasteiger partial charge in [0.05, 0.1) is 0 Å². The number of fused-ring (bicyclic) bond motifs is 6. The Morgan fingerprint density at radius 3 is 2.28 bits per heavy atom. The van der Waals surface area contributed by atoms with Gasteiger partial charge in [-0.15, -0.1) is 0 Å². The first-order chi connectivity index (χ1) is 14.1. The van der Waals surface area contributed by atoms with Crippen LogP contribution in [0.3, 0.4) is 0 Å². The Morgan fingerprint density at radius 2 is 1.38 bits per heavy atom. The van der Waals surface area contributed by atoms with Crippen LogP contribution in [0.15, 0.2) is 84.9 Å². The zero-order chi connectivity index (χ0) is 19.6. The van der Waals surface area contributed by atoms with Crippen LogP contribution in [0.5, 0.6) is 0 Å². The standard InChI is InChI=1S/C28H23N/c1-28(2)24-12-6-5-11-22(24)23-15-14-20(17-25(23)28)29-26-13-7-9-19-16-18-8-3-4-10-21(18)27(19)26/h3-15,17,29H,16H2,1-2H3. The number of nitrogens with one attached hydrogen (secondary N) is 1. The normalized spacial score (nSPS) is 14.7. The average Bonchev–Trinajstić information content (AvgIpc) is 3.23. The molecule has 29 heavy (non-hydrogen) atoms. The summed E-state index contributed by atoms with van der Waals surface area (Å²) in [7, 11) is 0. The minimum absolute atomic E-state index is 0.0227. The summed E-state index contributed by atoms with van der Waals surface area (Å²) in [6.45, 7) is 4.66. The second-order valence-electron chi connectivity index (χ2n) is 8.73. The quantitative estimate of drug-likeness (QED) is 0.342. The maximum atomic E-state index is 3.74. The van der Waals surface area contributed by atoms with Crippen molar-refractivity contribution in [1.29, 1.82) is 0 Å². The molecular formula is C28H23N. The van der Waals surface area contributed by atoms with Crippen LogP contribution in [0.1, 0.15) is 36.1 Å². The molecule has 4 aromatic carbocycles. The fourth-order valence-electron chi connectivity index (χ4n) is 5.23. The monoisotopic (exact) mass is 373 g/mol. The number of hydrogen-bond donors (Lipinski definition) is 1. The summed E-state index contributed by atoms with van der Waals surface area (Å²) in [5, 5.41) is 3.74. The Kier molecular flexibility index (Phi) is 3.35. The lowest BCUT2D eigenvalue weighted by Gasteiger charge is -2.22. The molecule has 6 rings (SSSR count). The lowest BCUT2D eigenvalue weighted by molar-refractivity contribution is 0.660. The molecule has 0 heterocycles. The molecule has 0 unspecified atom stereocenters. The fourth-order valence-corrected chi connectivity index (χ4v) is 5.23. The predicted molar refractivity (Wildman–Crippen MR) is 122 cm³/mol. The summed E-state index contributed by atoms with van der Waals surface area (Å²) in [4.78, 5) is 0. The molecule has 0 aromatic heterocycles. The summed E-state index contributed by atoms with van der Waals surface area (Å²) in [6, 6.07) is 31.0. The van der Waals surface area contributed by atoms with Crippen LogP contribution in [-0.2, 0) is 11.8 Å². The van der Waals surface area contributed by atoms with E-state index in [1.807, 2.05) is 0 Å². The summed E-state index contributed by atoms with van der Waals surface area (Å²) in [6.07, 6.45) is 1.02. The molecule has 1 heteroatoms. The lowest BCUT2D eigenvalue weighted by atomic mass is 9.82. The minimum atomic E-state index is 0.0227. The summed E-state index contributed by atoms with van der Waals surface area (Å²) in [5.74, 6) is 0. The number of benzene rings is 4. The molecule has 0 atom stereocenters. The Hall–Kier alpha value is -3.32. The molecule has 0 saturated carbocycles. The van der Waals surface area contributed by atoms with Gasteiger partial charge in [-0.2, -0.15) is 0 Å². The maximum absolute atomic E-state index is 3.74. The molecule has 4 aromatic rings. The van der Waals surface area contributed by atoms with Gasteiger partial charge in [0, 0.05) is 22.4 Å². The van der Waals surface area contributed by atoms with Crippen molar-refractivity contribution in [1.82, 2.24) is 0 Å². The largest absolute Gasteiger partial charge is 0.355 e. The van der Waals surface area contributed by atoms with E-state index in [9.17, 15) is 0 Å². The van der Waals surface area contributed by atoms with Gasteiger partial charge in [-0.3, -0.25) is 0 Å². The molecule has 0 fully saturated rings. The van der Waals surface area contributed by atoms with Gasteiger partial charge >= 0.3 is 0 Å². The van der Waals surface area contributed by atoms with Crippen molar-refractivity contribution >= 4 is 11.4 Å². The fraction of sp³-hybridized carbons (Fsp3) is 0.143. The van der Waals surface area contributed by atoms with Gasteiger partial charge in [0.2, 0.25) is 0 Å². The second-order valence-corrected chi connectivity index (χ2v) is 8.73. The maximum Gasteiger partial charge on any atom is 0.0466 e. The average molecular weight is 373 g/mol. The second kappa shape index (κ2) is 5.84. The van der Waals surface area contributed by atoms with E-state index in [0.717, 1.165) is 12.1 Å². The van der Waals surface area contributed by atoms with Crippen molar-refractivity contribution in [2.75, 3.05) is 5.32 Å². The highest BCUT2D eigenvalue weighted by Crippen LogP contribution is 2.49. The molecule has 0 radical (unpaired) electrons. The first kappa shape index (κ1) is 16.6. The van der Waals surface area contributed by atoms with Gasteiger partial charge in [0.1, 0.15) is 0 Å². The minimum Gasteiger partial charge on any atom is -0.355 e. The lowest BCUT2D eigenvalue weighted by Crippen LogP contribution is -2.15. The molecule has 1 N–H and O–H groups in total. The number of anilines is 2. The SMILES string of the molecule is CC1(C)c2ccccc2-c2ccc(Nc3cccc4c3-c3ccccc3C4)cc21. The zero-order valence-electron chi connectivity index (χ0n) is 16.8. The molecule has 2 aliphatic rings. The van der Waals surface area contributed by atoms with Crippen LogP contribution in [0, 0.1) is 0 Å². The van der Waals surface area contributed by atoms with Crippen LogP contribution >= 0.6 is 0 Å². The highest BCUT2D eigenvalue weighted by atomic mass is 14.9. The Labute approximate surface area is 172 Å². The van der Waals surface area contributed by atoms with E-state index in [1.54, 1.807) is 0 Å². The first-order valence-corrected chi connectivity index (χ1v) is 10.3. The third kappa shape index (κ3) is 2.34. The van der Waals surface area contributed by atoms with E-state index in [0.29, 0.717) is 0 Å². The number of rotatable bonds is 2. The van der Waals surface area contributed by atoms with Crippen LogP contribution in [-0.4, -0.2) is 0 Å². The smallest absolute Gasteiger partial charge is 0.0466 e. The summed E-state index contributed by atoms with van der Waals surface area (Å²) >= 11 is 0. The third-order valence-electron chi connectivity index (χ3n) is 6.68. The summed E-state index contributed by atoms with van der Waals surface area (Å²) < 4.78 is 0. The molecule has 140 valence electrons. The highest BCUT2D eigenvalue weighted by molar-refractivity contribution is 5.89. The molecule has 0 saturated heterocycles. The van der Waals surface area contributed by atoms with E-state index < -0.39 is 0 Å². The molecule has 0 spiro atoms. The third-order valence-corrected chi connectivity index (χ3v) is 6.68. The van der Waals surface area contributed by atoms with Crippen LogP contribution < -0.4 is 5.32 Å². The van der Waals surface area contributed by atoms with Gasteiger partial charge in [-0.1, -0.05) is 80.6 Å². The molecule has 0 amide bonds. The van der Waals surface area contributed by atoms with Gasteiger partial charge in [-0.25, -0.2) is 0 Å².